The van der Waals surface area contributed by atoms with Gasteiger partial charge in [-0.15, -0.1) is 11.3 Å². The van der Waals surface area contributed by atoms with Crippen molar-refractivity contribution in [2.45, 2.75) is 27.2 Å². The van der Waals surface area contributed by atoms with Gasteiger partial charge in [-0.1, -0.05) is 26.0 Å². The summed E-state index contributed by atoms with van der Waals surface area (Å²) in [5, 5.41) is 16.8. The van der Waals surface area contributed by atoms with E-state index in [1.165, 1.54) is 35.0 Å². The first-order chi connectivity index (χ1) is 13.0. The summed E-state index contributed by atoms with van der Waals surface area (Å²) >= 11 is 1.26. The van der Waals surface area contributed by atoms with Crippen LogP contribution < -0.4 is 5.56 Å². The molecule has 0 aliphatic heterocycles. The van der Waals surface area contributed by atoms with E-state index in [0.717, 1.165) is 4.88 Å². The van der Waals surface area contributed by atoms with Crippen molar-refractivity contribution in [1.82, 2.24) is 9.38 Å². The third-order valence-electron chi connectivity index (χ3n) is 3.73. The van der Waals surface area contributed by atoms with Crippen LogP contribution in [0, 0.1) is 29.5 Å². The molecule has 0 aliphatic rings. The number of nitrogens with zero attached hydrogens (tertiary/aromatic N) is 3. The topological polar surface area (TPSA) is 91.2 Å². The van der Waals surface area contributed by atoms with Crippen molar-refractivity contribution in [2.24, 2.45) is 0 Å². The van der Waals surface area contributed by atoms with Gasteiger partial charge in [0.2, 0.25) is 5.90 Å². The van der Waals surface area contributed by atoms with Crippen LogP contribution in [0.3, 0.4) is 0 Å². The second-order valence-corrected chi connectivity index (χ2v) is 6.49. The number of aromatic nitrogens is 2. The summed E-state index contributed by atoms with van der Waals surface area (Å²) < 4.78 is 20.5. The van der Waals surface area contributed by atoms with Gasteiger partial charge in [0, 0.05) is 17.4 Å². The van der Waals surface area contributed by atoms with Gasteiger partial charge in [-0.05, 0) is 18.6 Å². The molecule has 0 fully saturated rings. The van der Waals surface area contributed by atoms with Crippen LogP contribution in [0.5, 0.6) is 0 Å². The zero-order chi connectivity index (χ0) is 20.1. The van der Waals surface area contributed by atoms with E-state index in [1.54, 1.807) is 25.1 Å². The van der Waals surface area contributed by atoms with E-state index in [1.807, 2.05) is 13.8 Å². The Labute approximate surface area is 160 Å². The molecule has 0 unspecified atom stereocenters. The summed E-state index contributed by atoms with van der Waals surface area (Å²) in [5.74, 6) is -0.718. The van der Waals surface area contributed by atoms with Crippen LogP contribution in [0.25, 0.3) is 4.96 Å². The molecule has 27 heavy (non-hydrogen) atoms. The number of ether oxygens (including phenoxy) is 1. The van der Waals surface area contributed by atoms with E-state index in [4.69, 9.17) is 15.4 Å². The van der Waals surface area contributed by atoms with Crippen molar-refractivity contribution in [3.63, 3.8) is 0 Å². The molecule has 0 saturated heterocycles. The number of thiazole rings is 1. The van der Waals surface area contributed by atoms with Gasteiger partial charge in [0.25, 0.3) is 5.56 Å². The third kappa shape index (κ3) is 3.88. The number of methoxy groups -OCH3 is 1. The minimum Gasteiger partial charge on any atom is -0.480 e. The summed E-state index contributed by atoms with van der Waals surface area (Å²) in [6.45, 7) is 5.78. The highest BCUT2D eigenvalue weighted by atomic mass is 32.1. The molecule has 6 nitrogen and oxygen atoms in total. The van der Waals surface area contributed by atoms with Crippen molar-refractivity contribution >= 4 is 22.2 Å². The molecule has 8 heteroatoms. The number of fused-ring (bicyclic) bond motifs is 1. The Morgan fingerprint density at radius 3 is 2.78 bits per heavy atom. The second-order valence-electron chi connectivity index (χ2n) is 5.31. The van der Waals surface area contributed by atoms with E-state index < -0.39 is 5.82 Å². The first-order valence-electron chi connectivity index (χ1n) is 8.28. The highest BCUT2D eigenvalue weighted by molar-refractivity contribution is 7.17. The lowest BCUT2D eigenvalue weighted by atomic mass is 10.1. The van der Waals surface area contributed by atoms with Crippen molar-refractivity contribution in [1.29, 1.82) is 10.7 Å². The van der Waals surface area contributed by atoms with Crippen molar-refractivity contribution < 1.29 is 9.13 Å². The van der Waals surface area contributed by atoms with Crippen LogP contribution in [-0.2, 0) is 11.2 Å². The molecule has 2 aromatic heterocycles. The largest absolute Gasteiger partial charge is 0.480 e. The molecular formula is C19H19FN4O2S. The Kier molecular flexibility index (Phi) is 6.42. The number of nitrogens with one attached hydrogen (secondary N) is 1. The van der Waals surface area contributed by atoms with Gasteiger partial charge in [-0.3, -0.25) is 10.2 Å². The predicted octanol–water partition coefficient (Wildman–Crippen LogP) is 3.66. The number of aryl methyl sites for hydroxylation is 1. The van der Waals surface area contributed by atoms with E-state index in [9.17, 15) is 9.18 Å². The molecular weight excluding hydrogens is 367 g/mol. The average molecular weight is 386 g/mol. The first-order valence-corrected chi connectivity index (χ1v) is 9.10. The number of nitriles is 1. The molecule has 0 amide bonds. The van der Waals surface area contributed by atoms with E-state index in [2.05, 4.69) is 4.98 Å². The summed E-state index contributed by atoms with van der Waals surface area (Å²) in [5.41, 5.74) is 0.657. The lowest BCUT2D eigenvalue weighted by Gasteiger charge is -2.06. The molecule has 0 spiro atoms. The number of benzene rings is 1. The summed E-state index contributed by atoms with van der Waals surface area (Å²) in [6.07, 6.45) is 0.0983. The average Bonchev–Trinajstić information content (AvgIpc) is 3.01. The van der Waals surface area contributed by atoms with Crippen LogP contribution in [0.2, 0.25) is 0 Å². The SMILES string of the molecule is CC.COC(=N)c1c(C)sc2nc(Cc3cccc(C#N)c3F)cc(=O)n12. The van der Waals surface area contributed by atoms with Crippen LogP contribution in [0.4, 0.5) is 4.39 Å². The van der Waals surface area contributed by atoms with Gasteiger partial charge in [0.15, 0.2) is 4.96 Å². The molecule has 2 heterocycles. The van der Waals surface area contributed by atoms with Gasteiger partial charge < -0.3 is 4.74 Å². The normalized spacial score (nSPS) is 10.1. The fraction of sp³-hybridized carbons (Fsp3) is 0.263. The van der Waals surface area contributed by atoms with Crippen LogP contribution in [0.1, 0.15) is 41.2 Å². The Morgan fingerprint density at radius 2 is 2.15 bits per heavy atom. The zero-order valence-corrected chi connectivity index (χ0v) is 16.3. The smallest absolute Gasteiger partial charge is 0.259 e. The molecule has 0 aliphatic carbocycles. The minimum atomic E-state index is -0.601. The number of hydrogen-bond acceptors (Lipinski definition) is 6. The van der Waals surface area contributed by atoms with Crippen molar-refractivity contribution in [2.75, 3.05) is 7.11 Å². The standard InChI is InChI=1S/C17H13FN4O2S.C2H6/c1-9-15(16(20)24-2)22-13(23)7-12(21-17(22)25-9)6-10-4-3-5-11(8-19)14(10)18;1-2/h3-5,7,20H,6H2,1-2H3;1-2H3. The van der Waals surface area contributed by atoms with Gasteiger partial charge in [0.05, 0.1) is 18.4 Å². The molecule has 1 aromatic carbocycles. The quantitative estimate of drug-likeness (QED) is 0.549. The molecule has 3 rings (SSSR count). The molecule has 0 radical (unpaired) electrons. The van der Waals surface area contributed by atoms with E-state index in [-0.39, 0.29) is 23.4 Å². The first kappa shape index (κ1) is 20.3. The maximum Gasteiger partial charge on any atom is 0.259 e. The van der Waals surface area contributed by atoms with Gasteiger partial charge >= 0.3 is 0 Å². The van der Waals surface area contributed by atoms with Gasteiger partial charge in [-0.2, -0.15) is 5.26 Å². The van der Waals surface area contributed by atoms with Gasteiger partial charge in [-0.25, -0.2) is 13.8 Å². The molecule has 3 aromatic rings. The van der Waals surface area contributed by atoms with Crippen LogP contribution in [-0.4, -0.2) is 22.4 Å². The molecule has 0 bridgehead atoms. The van der Waals surface area contributed by atoms with E-state index in [0.29, 0.717) is 21.9 Å². The maximum absolute atomic E-state index is 14.2. The summed E-state index contributed by atoms with van der Waals surface area (Å²) in [4.78, 5) is 18.0. The van der Waals surface area contributed by atoms with Crippen LogP contribution >= 0.6 is 11.3 Å². The maximum atomic E-state index is 14.2. The number of rotatable bonds is 3. The summed E-state index contributed by atoms with van der Waals surface area (Å²) in [6, 6.07) is 7.66. The van der Waals surface area contributed by atoms with Crippen LogP contribution in [0.15, 0.2) is 29.1 Å². The lowest BCUT2D eigenvalue weighted by Crippen LogP contribution is -2.20. The fourth-order valence-corrected chi connectivity index (χ4v) is 3.56. The summed E-state index contributed by atoms with van der Waals surface area (Å²) in [7, 11) is 1.36. The highest BCUT2D eigenvalue weighted by Crippen LogP contribution is 2.22. The fourth-order valence-electron chi connectivity index (χ4n) is 2.57. The lowest BCUT2D eigenvalue weighted by molar-refractivity contribution is 0.399. The monoisotopic (exact) mass is 386 g/mol. The molecule has 1 N–H and O–H groups in total. The number of hydrogen-bond donors (Lipinski definition) is 1. The second kappa shape index (κ2) is 8.56. The predicted molar refractivity (Wildman–Crippen MR) is 103 cm³/mol. The van der Waals surface area contributed by atoms with E-state index >= 15 is 0 Å². The Morgan fingerprint density at radius 1 is 1.44 bits per heavy atom. The molecule has 140 valence electrons. The Hall–Kier alpha value is -3.05. The molecule has 0 atom stereocenters. The number of halogens is 1. The van der Waals surface area contributed by atoms with Crippen molar-refractivity contribution in [3.05, 3.63) is 67.8 Å². The van der Waals surface area contributed by atoms with Gasteiger partial charge in [0.1, 0.15) is 17.6 Å². The Balaban J connectivity index is 0.00000126. The highest BCUT2D eigenvalue weighted by Gasteiger charge is 2.18. The molecule has 0 saturated carbocycles. The third-order valence-corrected chi connectivity index (χ3v) is 4.69. The minimum absolute atomic E-state index is 0.0434. The Bertz CT molecular complexity index is 1100. The zero-order valence-electron chi connectivity index (χ0n) is 15.5. The van der Waals surface area contributed by atoms with Crippen molar-refractivity contribution in [3.8, 4) is 6.07 Å².